The van der Waals surface area contributed by atoms with E-state index in [9.17, 15) is 24.5 Å². The third-order valence-corrected chi connectivity index (χ3v) is 6.58. The van der Waals surface area contributed by atoms with Crippen LogP contribution in [0, 0.1) is 5.82 Å². The summed E-state index contributed by atoms with van der Waals surface area (Å²) in [5, 5.41) is 36.9. The molecule has 2 aromatic heterocycles. The van der Waals surface area contributed by atoms with E-state index in [1.165, 1.54) is 12.1 Å². The zero-order valence-corrected chi connectivity index (χ0v) is 23.3. The summed E-state index contributed by atoms with van der Waals surface area (Å²) in [6.07, 6.45) is 2.27. The van der Waals surface area contributed by atoms with E-state index < -0.39 is 24.6 Å². The van der Waals surface area contributed by atoms with Gasteiger partial charge in [-0.2, -0.15) is 5.10 Å². The number of carbonyl (C=O) groups excluding carboxylic acids is 1. The molecule has 1 aliphatic rings. The number of rotatable bonds is 9. The molecule has 0 spiro atoms. The molecule has 5 rings (SSSR count). The van der Waals surface area contributed by atoms with Crippen LogP contribution in [-0.4, -0.2) is 43.2 Å². The van der Waals surface area contributed by atoms with Gasteiger partial charge in [-0.1, -0.05) is 54.6 Å². The topological polar surface area (TPSA) is 111 Å². The number of hydrogen-bond acceptors (Lipinski definition) is 6. The van der Waals surface area contributed by atoms with E-state index in [0.29, 0.717) is 5.65 Å². The first-order chi connectivity index (χ1) is 17.8. The van der Waals surface area contributed by atoms with Gasteiger partial charge in [0.05, 0.1) is 23.3 Å². The van der Waals surface area contributed by atoms with Gasteiger partial charge in [-0.25, -0.2) is 14.1 Å². The van der Waals surface area contributed by atoms with Crippen LogP contribution < -0.4 is 34.7 Å². The van der Waals surface area contributed by atoms with Crippen molar-refractivity contribution in [1.29, 1.82) is 0 Å². The molecular weight excluding hydrogens is 496 g/mol. The van der Waals surface area contributed by atoms with Crippen molar-refractivity contribution in [2.75, 3.05) is 0 Å². The molecule has 1 saturated carbocycles. The third kappa shape index (κ3) is 6.06. The minimum Gasteiger partial charge on any atom is -0.550 e. The fourth-order valence-electron chi connectivity index (χ4n) is 4.70. The zero-order chi connectivity index (χ0) is 26.1. The van der Waals surface area contributed by atoms with Crippen LogP contribution in [0.3, 0.4) is 0 Å². The summed E-state index contributed by atoms with van der Waals surface area (Å²) in [7, 11) is 1.85. The molecule has 7 nitrogen and oxygen atoms in total. The van der Waals surface area contributed by atoms with Crippen LogP contribution in [0.1, 0.15) is 42.9 Å². The molecule has 2 aromatic carbocycles. The predicted octanol–water partition coefficient (Wildman–Crippen LogP) is 0.588. The summed E-state index contributed by atoms with van der Waals surface area (Å²) < 4.78 is 15.7. The first kappa shape index (κ1) is 28.1. The molecule has 190 valence electrons. The molecule has 1 fully saturated rings. The van der Waals surface area contributed by atoms with Crippen LogP contribution in [0.5, 0.6) is 0 Å². The van der Waals surface area contributed by atoms with Crippen LogP contribution >= 0.6 is 0 Å². The number of pyridine rings is 1. The van der Waals surface area contributed by atoms with Crippen molar-refractivity contribution in [3.8, 4) is 22.4 Å². The van der Waals surface area contributed by atoms with E-state index >= 15 is 0 Å². The van der Waals surface area contributed by atoms with Crippen molar-refractivity contribution < 1.29 is 54.1 Å². The number of fused-ring (bicyclic) bond motifs is 1. The number of aryl methyl sites for hydroxylation is 1. The molecule has 0 aliphatic heterocycles. The standard InChI is InChI=1S/C29H28FN3O4.Na/c1-33-29-26(28(32-33)18-5-3-2-4-6-18)25(17-9-11-20(30)12-10-17)23(27(31-29)19-7-8-19)14-13-21(34)15-22(35)16-24(36)37;/h2-6,9-14,19,21-22,34-35H,7-8,15-16H2,1H3,(H,36,37);/q;+1/p-1/b14-13+;. The van der Waals surface area contributed by atoms with E-state index in [1.54, 1.807) is 29.0 Å². The Labute approximate surface area is 241 Å². The number of aromatic nitrogens is 3. The number of aliphatic carboxylic acids is 1. The minimum atomic E-state index is -1.38. The molecule has 0 saturated heterocycles. The number of carboxylic acids is 1. The Kier molecular flexibility index (Phi) is 8.80. The Morgan fingerprint density at radius 3 is 2.45 bits per heavy atom. The Bertz CT molecular complexity index is 1470. The normalized spacial score (nSPS) is 14.9. The molecule has 2 N–H and O–H groups in total. The summed E-state index contributed by atoms with van der Waals surface area (Å²) >= 11 is 0. The molecule has 4 aromatic rings. The van der Waals surface area contributed by atoms with Crippen molar-refractivity contribution in [2.24, 2.45) is 7.05 Å². The van der Waals surface area contributed by atoms with Gasteiger partial charge in [0.15, 0.2) is 5.65 Å². The number of carbonyl (C=O) groups is 1. The van der Waals surface area contributed by atoms with E-state index in [-0.39, 0.29) is 47.7 Å². The molecule has 0 amide bonds. The number of aliphatic hydroxyl groups excluding tert-OH is 2. The second-order valence-electron chi connectivity index (χ2n) is 9.50. The second kappa shape index (κ2) is 11.9. The number of benzene rings is 2. The first-order valence-corrected chi connectivity index (χ1v) is 12.3. The number of halogens is 1. The van der Waals surface area contributed by atoms with Gasteiger partial charge < -0.3 is 20.1 Å². The predicted molar refractivity (Wildman–Crippen MR) is 137 cm³/mol. The van der Waals surface area contributed by atoms with Crippen molar-refractivity contribution in [3.63, 3.8) is 0 Å². The summed E-state index contributed by atoms with van der Waals surface area (Å²) in [5.74, 6) is -1.47. The van der Waals surface area contributed by atoms with Gasteiger partial charge in [0.2, 0.25) is 0 Å². The summed E-state index contributed by atoms with van der Waals surface area (Å²) in [6.45, 7) is 0. The Morgan fingerprint density at radius 2 is 1.82 bits per heavy atom. The van der Waals surface area contributed by atoms with Gasteiger partial charge in [-0.05, 0) is 30.5 Å². The number of aliphatic hydroxyl groups is 2. The summed E-state index contributed by atoms with van der Waals surface area (Å²) in [4.78, 5) is 15.8. The van der Waals surface area contributed by atoms with Crippen LogP contribution in [0.25, 0.3) is 39.5 Å². The number of hydrogen-bond donors (Lipinski definition) is 2. The summed E-state index contributed by atoms with van der Waals surface area (Å²) in [5.41, 5.74) is 5.64. The van der Waals surface area contributed by atoms with Crippen LogP contribution in [-0.2, 0) is 11.8 Å². The maximum absolute atomic E-state index is 13.9. The van der Waals surface area contributed by atoms with Gasteiger partial charge in [0, 0.05) is 48.5 Å². The fraction of sp³-hybridized carbons (Fsp3) is 0.276. The van der Waals surface area contributed by atoms with Crippen LogP contribution in [0.2, 0.25) is 0 Å². The maximum Gasteiger partial charge on any atom is 1.00 e. The van der Waals surface area contributed by atoms with Crippen molar-refractivity contribution in [2.45, 2.75) is 43.8 Å². The van der Waals surface area contributed by atoms with Gasteiger partial charge >= 0.3 is 29.6 Å². The number of nitrogens with zero attached hydrogens (tertiary/aromatic N) is 3. The molecule has 1 aliphatic carbocycles. The average molecular weight is 524 g/mol. The van der Waals surface area contributed by atoms with Gasteiger partial charge in [-0.3, -0.25) is 0 Å². The molecule has 2 unspecified atom stereocenters. The van der Waals surface area contributed by atoms with Crippen LogP contribution in [0.15, 0.2) is 60.7 Å². The average Bonchev–Trinajstić information content (AvgIpc) is 3.66. The smallest absolute Gasteiger partial charge is 0.550 e. The van der Waals surface area contributed by atoms with Crippen LogP contribution in [0.4, 0.5) is 4.39 Å². The minimum absolute atomic E-state index is 0. The molecule has 0 bridgehead atoms. The SMILES string of the molecule is Cn1nc(-c2ccccc2)c2c(-c3ccc(F)cc3)c(/C=C/C(O)CC(O)CC(=O)[O-])c(C3CC3)nc21.[Na+]. The third-order valence-electron chi connectivity index (χ3n) is 6.58. The Hall–Kier alpha value is -2.88. The van der Waals surface area contributed by atoms with Gasteiger partial charge in [-0.15, -0.1) is 0 Å². The largest absolute Gasteiger partial charge is 1.00 e. The Morgan fingerprint density at radius 1 is 1.13 bits per heavy atom. The monoisotopic (exact) mass is 523 g/mol. The van der Waals surface area contributed by atoms with E-state index in [0.717, 1.165) is 51.9 Å². The van der Waals surface area contributed by atoms with E-state index in [2.05, 4.69) is 0 Å². The second-order valence-corrected chi connectivity index (χ2v) is 9.50. The summed E-state index contributed by atoms with van der Waals surface area (Å²) in [6, 6.07) is 16.0. The maximum atomic E-state index is 13.9. The molecule has 38 heavy (non-hydrogen) atoms. The van der Waals surface area contributed by atoms with Gasteiger partial charge in [0.1, 0.15) is 11.5 Å². The van der Waals surface area contributed by atoms with Crippen molar-refractivity contribution in [3.05, 3.63) is 77.7 Å². The van der Waals surface area contributed by atoms with Crippen molar-refractivity contribution in [1.82, 2.24) is 14.8 Å². The zero-order valence-electron chi connectivity index (χ0n) is 21.3. The fourth-order valence-corrected chi connectivity index (χ4v) is 4.70. The van der Waals surface area contributed by atoms with E-state index in [1.807, 2.05) is 37.4 Å². The molecule has 2 heterocycles. The molecule has 0 radical (unpaired) electrons. The van der Waals surface area contributed by atoms with E-state index in [4.69, 9.17) is 10.1 Å². The molecule has 9 heteroatoms. The molecule has 2 atom stereocenters. The molecular formula is C29H27FN3NaO4. The quantitative estimate of drug-likeness (QED) is 0.311. The number of carboxylic acid groups (broad SMARTS) is 1. The first-order valence-electron chi connectivity index (χ1n) is 12.3. The van der Waals surface area contributed by atoms with Crippen molar-refractivity contribution >= 4 is 23.1 Å². The Balaban J connectivity index is 0.00000336. The van der Waals surface area contributed by atoms with Gasteiger partial charge in [0.25, 0.3) is 0 Å².